The molecule has 0 spiro atoms. The number of carbonyl (C=O) groups is 1. The number of aliphatic imine (C=N–C) groups is 2. The number of anilines is 2. The van der Waals surface area contributed by atoms with Crippen LogP contribution < -0.4 is 39.4 Å². The molecule has 0 bridgehead atoms. The predicted octanol–water partition coefficient (Wildman–Crippen LogP) is 0.579. The second kappa shape index (κ2) is 16.6. The van der Waals surface area contributed by atoms with Gasteiger partial charge in [0.25, 0.3) is 0 Å². The first-order valence-corrected chi connectivity index (χ1v) is 15.7. The van der Waals surface area contributed by atoms with Crippen molar-refractivity contribution in [2.75, 3.05) is 62.4 Å². The van der Waals surface area contributed by atoms with Gasteiger partial charge in [0.1, 0.15) is 17.9 Å². The van der Waals surface area contributed by atoms with Gasteiger partial charge in [0, 0.05) is 74.8 Å². The second-order valence-corrected chi connectivity index (χ2v) is 11.5. The van der Waals surface area contributed by atoms with Crippen LogP contribution in [0.1, 0.15) is 50.7 Å². The molecule has 2 saturated heterocycles. The van der Waals surface area contributed by atoms with Crippen LogP contribution in [0.4, 0.5) is 11.6 Å². The van der Waals surface area contributed by atoms with Crippen molar-refractivity contribution in [3.63, 3.8) is 0 Å². The van der Waals surface area contributed by atoms with Crippen LogP contribution in [0.15, 0.2) is 83.0 Å². The van der Waals surface area contributed by atoms with Crippen molar-refractivity contribution >= 4 is 37.8 Å². The van der Waals surface area contributed by atoms with Crippen LogP contribution in [0, 0.1) is 0 Å². The Morgan fingerprint density at radius 1 is 0.708 bits per heavy atom. The maximum absolute atomic E-state index is 11.0. The molecule has 0 atom stereocenters. The van der Waals surface area contributed by atoms with Crippen molar-refractivity contribution < 1.29 is 50.4 Å². The summed E-state index contributed by atoms with van der Waals surface area (Å²) >= 11 is 0. The van der Waals surface area contributed by atoms with E-state index in [4.69, 9.17) is 14.5 Å². The van der Waals surface area contributed by atoms with Gasteiger partial charge in [-0.1, -0.05) is 24.3 Å². The first-order chi connectivity index (χ1) is 22.7. The number of aromatic nitrogens is 2. The molecule has 0 aliphatic carbocycles. The Kier molecular flexibility index (Phi) is 12.3. The number of nitrogens with zero attached hydrogens (tertiary/aromatic N) is 6. The molecule has 3 radical (unpaired) electrons. The van der Waals surface area contributed by atoms with Gasteiger partial charge in [0.05, 0.1) is 57.5 Å². The first kappa shape index (κ1) is 35.6. The molecule has 12 heteroatoms. The number of morpholine rings is 2. The Hall–Kier alpha value is -3.71. The van der Waals surface area contributed by atoms with Gasteiger partial charge in [-0.15, -0.1) is 0 Å². The van der Waals surface area contributed by atoms with Crippen LogP contribution in [0.25, 0.3) is 0 Å². The van der Waals surface area contributed by atoms with Crippen LogP contribution in [-0.2, 0) is 29.2 Å². The predicted molar refractivity (Wildman–Crippen MR) is 184 cm³/mol. The van der Waals surface area contributed by atoms with Crippen molar-refractivity contribution in [2.24, 2.45) is 9.98 Å². The summed E-state index contributed by atoms with van der Waals surface area (Å²) in [6.45, 7) is 7.83. The molecule has 2 aromatic carbocycles. The van der Waals surface area contributed by atoms with E-state index in [9.17, 15) is 9.90 Å². The molecule has 4 aromatic rings. The number of aliphatic hydroxyl groups excluding tert-OH is 1. The molecule has 4 aliphatic rings. The van der Waals surface area contributed by atoms with E-state index in [-0.39, 0.29) is 46.0 Å². The summed E-state index contributed by atoms with van der Waals surface area (Å²) in [7, 11) is 0. The first-order valence-electron chi connectivity index (χ1n) is 15.7. The third-order valence-electron chi connectivity index (χ3n) is 8.66. The molecular formula is C36H37BN6NaO4. The number of benzene rings is 2. The van der Waals surface area contributed by atoms with Crippen LogP contribution in [0.3, 0.4) is 0 Å². The van der Waals surface area contributed by atoms with E-state index in [0.717, 1.165) is 115 Å². The van der Waals surface area contributed by atoms with E-state index in [1.807, 2.05) is 54.9 Å². The molecule has 0 unspecified atom stereocenters. The maximum Gasteiger partial charge on any atom is 1.00 e. The molecular weight excluding hydrogens is 614 g/mol. The Balaban J connectivity index is 0.000000208. The second-order valence-electron chi connectivity index (χ2n) is 11.5. The number of hydrogen-bond acceptors (Lipinski definition) is 10. The number of carbonyl (C=O) groups excluding carboxylic acids is 1. The zero-order valence-corrected chi connectivity index (χ0v) is 29.2. The molecule has 239 valence electrons. The number of fused-ring (bicyclic) bond motifs is 2. The Morgan fingerprint density at radius 3 is 1.71 bits per heavy atom. The van der Waals surface area contributed by atoms with Gasteiger partial charge in [-0.25, -0.2) is 9.97 Å². The largest absolute Gasteiger partial charge is 1.00 e. The fraction of sp³-hybridized carbons (Fsp3) is 0.306. The topological polar surface area (TPSA) is 113 Å². The Bertz CT molecular complexity index is 1810. The minimum absolute atomic E-state index is 0. The molecule has 2 fully saturated rings. The van der Waals surface area contributed by atoms with Gasteiger partial charge in [-0.3, -0.25) is 14.8 Å². The summed E-state index contributed by atoms with van der Waals surface area (Å²) in [6.07, 6.45) is 4.54. The normalized spacial score (nSPS) is 16.3. The maximum atomic E-state index is 11.0. The minimum Gasteiger partial charge on any atom is -1.00 e. The standard InChI is InChI=1S/C18H19N3O2.C18H17N3O2.B.Na.H/c2*22-12-13-1-2-15-11-20-18(16(15)9-13)14-3-4-19-17(10-14)21-5-7-23-8-6-21;;;/h1-4,9-10,22H,5-8,11-12H2;1-4,9-10,12H,5-8,11H2;;;/q;;;+1;-1. The van der Waals surface area contributed by atoms with E-state index in [2.05, 4.69) is 43.0 Å². The summed E-state index contributed by atoms with van der Waals surface area (Å²) in [6, 6.07) is 20.0. The summed E-state index contributed by atoms with van der Waals surface area (Å²) in [5, 5.41) is 9.37. The summed E-state index contributed by atoms with van der Waals surface area (Å²) in [5.74, 6) is 1.92. The van der Waals surface area contributed by atoms with Crippen LogP contribution in [-0.4, -0.2) is 93.8 Å². The van der Waals surface area contributed by atoms with Crippen molar-refractivity contribution in [3.8, 4) is 0 Å². The summed E-state index contributed by atoms with van der Waals surface area (Å²) in [4.78, 5) is 33.9. The van der Waals surface area contributed by atoms with Crippen LogP contribution in [0.2, 0.25) is 0 Å². The van der Waals surface area contributed by atoms with E-state index in [0.29, 0.717) is 18.7 Å². The molecule has 2 aromatic heterocycles. The average Bonchev–Trinajstić information content (AvgIpc) is 3.76. The smallest absolute Gasteiger partial charge is 1.00 e. The van der Waals surface area contributed by atoms with Gasteiger partial charge in [0.2, 0.25) is 0 Å². The Labute approximate surface area is 306 Å². The fourth-order valence-electron chi connectivity index (χ4n) is 6.16. The average molecular weight is 652 g/mol. The van der Waals surface area contributed by atoms with E-state index in [1.165, 1.54) is 5.56 Å². The van der Waals surface area contributed by atoms with E-state index < -0.39 is 0 Å². The number of aldehydes is 1. The molecule has 1 N–H and O–H groups in total. The van der Waals surface area contributed by atoms with E-state index in [1.54, 1.807) is 0 Å². The Morgan fingerprint density at radius 2 is 1.21 bits per heavy atom. The molecule has 0 saturated carbocycles. The van der Waals surface area contributed by atoms with Gasteiger partial charge in [-0.2, -0.15) is 0 Å². The van der Waals surface area contributed by atoms with Crippen molar-refractivity contribution in [2.45, 2.75) is 19.7 Å². The van der Waals surface area contributed by atoms with Crippen molar-refractivity contribution in [3.05, 3.63) is 118 Å². The summed E-state index contributed by atoms with van der Waals surface area (Å²) < 4.78 is 10.8. The molecule has 10 nitrogen and oxygen atoms in total. The molecule has 8 rings (SSSR count). The molecule has 48 heavy (non-hydrogen) atoms. The van der Waals surface area contributed by atoms with Gasteiger partial charge < -0.3 is 25.8 Å². The zero-order chi connectivity index (χ0) is 31.3. The number of pyridine rings is 2. The van der Waals surface area contributed by atoms with Crippen LogP contribution >= 0.6 is 0 Å². The third-order valence-corrected chi connectivity index (χ3v) is 8.66. The van der Waals surface area contributed by atoms with Crippen molar-refractivity contribution in [1.29, 1.82) is 0 Å². The number of aliphatic hydroxyl groups is 1. The van der Waals surface area contributed by atoms with Gasteiger partial charge in [-0.05, 0) is 53.1 Å². The van der Waals surface area contributed by atoms with Crippen LogP contribution in [0.5, 0.6) is 0 Å². The van der Waals surface area contributed by atoms with E-state index >= 15 is 0 Å². The molecule has 4 aliphatic heterocycles. The monoisotopic (exact) mass is 651 g/mol. The fourth-order valence-corrected chi connectivity index (χ4v) is 6.16. The minimum atomic E-state index is 0. The number of rotatable bonds is 6. The third kappa shape index (κ3) is 7.78. The number of hydrogen-bond donors (Lipinski definition) is 1. The number of ether oxygens (including phenoxy) is 2. The molecule has 0 amide bonds. The molecule has 6 heterocycles. The van der Waals surface area contributed by atoms with Gasteiger partial charge in [0.15, 0.2) is 0 Å². The van der Waals surface area contributed by atoms with Crippen molar-refractivity contribution in [1.82, 2.24) is 9.97 Å². The SMILES string of the molecule is O=Cc1ccc2c(c1)C(c1ccnc(N3CCOCC3)c1)=NC2.OCc1ccc2c(c1)C(c1ccnc(N3CCOCC3)c1)=NC2.[B].[H-].[Na+]. The van der Waals surface area contributed by atoms with Gasteiger partial charge >= 0.3 is 29.6 Å². The zero-order valence-electron chi connectivity index (χ0n) is 28.2. The summed E-state index contributed by atoms with van der Waals surface area (Å²) in [5.41, 5.74) is 10.2. The quantitative estimate of drug-likeness (QED) is 0.238.